The summed E-state index contributed by atoms with van der Waals surface area (Å²) in [4.78, 5) is 9.95. The van der Waals surface area contributed by atoms with Crippen molar-refractivity contribution >= 4 is 5.96 Å². The first-order valence-electron chi connectivity index (χ1n) is 6.87. The number of hydrogen-bond donors (Lipinski definition) is 0. The fourth-order valence-electron chi connectivity index (χ4n) is 2.47. The van der Waals surface area contributed by atoms with Crippen LogP contribution in [-0.4, -0.2) is 81.2 Å². The molecule has 0 atom stereocenters. The van der Waals surface area contributed by atoms with Gasteiger partial charge in [0.05, 0.1) is 6.54 Å². The molecule has 0 saturated carbocycles. The number of piperidine rings is 1. The maximum Gasteiger partial charge on any atom is 0.401 e. The van der Waals surface area contributed by atoms with Crippen molar-refractivity contribution in [2.24, 2.45) is 10.9 Å². The summed E-state index contributed by atoms with van der Waals surface area (Å²) in [7, 11) is 7.74. The van der Waals surface area contributed by atoms with E-state index in [1.54, 1.807) is 0 Å². The van der Waals surface area contributed by atoms with Crippen LogP contribution in [0.3, 0.4) is 0 Å². The van der Waals surface area contributed by atoms with Gasteiger partial charge in [-0.05, 0) is 31.8 Å². The summed E-state index contributed by atoms with van der Waals surface area (Å²) in [5.74, 6) is 1.28. The molecule has 0 aromatic carbocycles. The molecular weight excluding hydrogens is 269 g/mol. The molecule has 0 amide bonds. The highest BCUT2D eigenvalue weighted by Gasteiger charge is 2.32. The van der Waals surface area contributed by atoms with Gasteiger partial charge in [-0.2, -0.15) is 13.2 Å². The number of nitrogens with zero attached hydrogens (tertiary/aromatic N) is 4. The fourth-order valence-corrected chi connectivity index (χ4v) is 2.47. The Balaban J connectivity index is 2.41. The van der Waals surface area contributed by atoms with Crippen molar-refractivity contribution in [3.63, 3.8) is 0 Å². The molecule has 1 fully saturated rings. The van der Waals surface area contributed by atoms with Gasteiger partial charge in [0.2, 0.25) is 0 Å². The molecule has 0 aromatic heterocycles. The smallest absolute Gasteiger partial charge is 0.349 e. The van der Waals surface area contributed by atoms with Crippen molar-refractivity contribution in [3.05, 3.63) is 0 Å². The zero-order valence-corrected chi connectivity index (χ0v) is 12.7. The highest BCUT2D eigenvalue weighted by Crippen LogP contribution is 2.22. The molecule has 7 heteroatoms. The summed E-state index contributed by atoms with van der Waals surface area (Å²) >= 11 is 0. The minimum atomic E-state index is -4.09. The van der Waals surface area contributed by atoms with Crippen molar-refractivity contribution in [2.75, 3.05) is 54.4 Å². The molecular formula is C13H25F3N4. The Morgan fingerprint density at radius 2 is 1.60 bits per heavy atom. The van der Waals surface area contributed by atoms with E-state index in [4.69, 9.17) is 0 Å². The first kappa shape index (κ1) is 17.1. The second kappa shape index (κ2) is 7.15. The predicted molar refractivity (Wildman–Crippen MR) is 74.9 cm³/mol. The van der Waals surface area contributed by atoms with Crippen LogP contribution in [0.1, 0.15) is 12.8 Å². The predicted octanol–water partition coefficient (Wildman–Crippen LogP) is 1.74. The zero-order valence-electron chi connectivity index (χ0n) is 12.7. The van der Waals surface area contributed by atoms with Gasteiger partial charge < -0.3 is 9.80 Å². The average molecular weight is 294 g/mol. The van der Waals surface area contributed by atoms with Crippen LogP contribution in [0.25, 0.3) is 0 Å². The van der Waals surface area contributed by atoms with E-state index in [1.165, 1.54) is 4.90 Å². The molecule has 0 aromatic rings. The molecule has 1 aliphatic heterocycles. The van der Waals surface area contributed by atoms with Crippen molar-refractivity contribution in [2.45, 2.75) is 19.0 Å². The Hall–Kier alpha value is -0.980. The molecule has 1 rings (SSSR count). The van der Waals surface area contributed by atoms with Gasteiger partial charge in [0.15, 0.2) is 5.96 Å². The van der Waals surface area contributed by atoms with Gasteiger partial charge in [0.25, 0.3) is 0 Å². The maximum absolute atomic E-state index is 12.3. The number of halogens is 3. The van der Waals surface area contributed by atoms with E-state index in [1.807, 2.05) is 38.0 Å². The highest BCUT2D eigenvalue weighted by atomic mass is 19.4. The van der Waals surface area contributed by atoms with E-state index in [-0.39, 0.29) is 0 Å². The van der Waals surface area contributed by atoms with Gasteiger partial charge in [-0.25, -0.2) is 0 Å². The number of alkyl halides is 3. The molecule has 0 radical (unpaired) electrons. The van der Waals surface area contributed by atoms with E-state index in [0.29, 0.717) is 25.6 Å². The van der Waals surface area contributed by atoms with Crippen molar-refractivity contribution < 1.29 is 13.2 Å². The third-order valence-corrected chi connectivity index (χ3v) is 3.40. The molecule has 20 heavy (non-hydrogen) atoms. The van der Waals surface area contributed by atoms with Gasteiger partial charge in [0.1, 0.15) is 0 Å². The molecule has 0 bridgehead atoms. The van der Waals surface area contributed by atoms with E-state index in [2.05, 4.69) is 4.99 Å². The van der Waals surface area contributed by atoms with Crippen LogP contribution < -0.4 is 0 Å². The topological polar surface area (TPSA) is 22.1 Å². The molecule has 1 heterocycles. The summed E-state index contributed by atoms with van der Waals surface area (Å²) in [5, 5.41) is 0. The van der Waals surface area contributed by atoms with Crippen LogP contribution in [0.4, 0.5) is 13.2 Å². The Morgan fingerprint density at radius 3 is 2.00 bits per heavy atom. The summed E-state index contributed by atoms with van der Waals surface area (Å²) in [6, 6.07) is 0. The Labute approximate surface area is 119 Å². The summed E-state index contributed by atoms with van der Waals surface area (Å²) in [6.07, 6.45) is -2.52. The van der Waals surface area contributed by atoms with Crippen molar-refractivity contribution in [1.82, 2.24) is 14.7 Å². The van der Waals surface area contributed by atoms with E-state index in [9.17, 15) is 13.2 Å². The number of likely N-dealkylation sites (tertiary alicyclic amines) is 1. The van der Waals surface area contributed by atoms with Gasteiger partial charge >= 0.3 is 6.18 Å². The molecule has 118 valence electrons. The lowest BCUT2D eigenvalue weighted by molar-refractivity contribution is -0.148. The number of hydrogen-bond acceptors (Lipinski definition) is 2. The van der Waals surface area contributed by atoms with E-state index < -0.39 is 12.7 Å². The average Bonchev–Trinajstić information content (AvgIpc) is 2.28. The Kier molecular flexibility index (Phi) is 6.10. The van der Waals surface area contributed by atoms with Crippen LogP contribution in [-0.2, 0) is 0 Å². The minimum Gasteiger partial charge on any atom is -0.349 e. The van der Waals surface area contributed by atoms with Gasteiger partial charge in [-0.15, -0.1) is 0 Å². The quantitative estimate of drug-likeness (QED) is 0.585. The third kappa shape index (κ3) is 5.98. The normalized spacial score (nSPS) is 17.9. The second-order valence-corrected chi connectivity index (χ2v) is 5.76. The SMILES string of the molecule is CN(C)C(=NCC1CCN(CC(F)(F)F)CC1)N(C)C. The lowest BCUT2D eigenvalue weighted by Gasteiger charge is -2.32. The van der Waals surface area contributed by atoms with Crippen LogP contribution in [0.2, 0.25) is 0 Å². The monoisotopic (exact) mass is 294 g/mol. The Bertz CT molecular complexity index is 308. The molecule has 4 nitrogen and oxygen atoms in total. The summed E-state index contributed by atoms with van der Waals surface area (Å²) in [6.45, 7) is 0.924. The number of rotatable bonds is 3. The summed E-state index contributed by atoms with van der Waals surface area (Å²) in [5.41, 5.74) is 0. The van der Waals surface area contributed by atoms with Crippen LogP contribution >= 0.6 is 0 Å². The van der Waals surface area contributed by atoms with Gasteiger partial charge in [-0.3, -0.25) is 9.89 Å². The zero-order chi connectivity index (χ0) is 15.3. The minimum absolute atomic E-state index is 0.384. The molecule has 0 aliphatic carbocycles. The van der Waals surface area contributed by atoms with E-state index in [0.717, 1.165) is 18.8 Å². The first-order valence-corrected chi connectivity index (χ1v) is 6.87. The lowest BCUT2D eigenvalue weighted by atomic mass is 9.97. The third-order valence-electron chi connectivity index (χ3n) is 3.40. The van der Waals surface area contributed by atoms with Crippen molar-refractivity contribution in [1.29, 1.82) is 0 Å². The summed E-state index contributed by atoms with van der Waals surface area (Å²) < 4.78 is 36.9. The number of guanidine groups is 1. The second-order valence-electron chi connectivity index (χ2n) is 5.76. The Morgan fingerprint density at radius 1 is 1.10 bits per heavy atom. The fraction of sp³-hybridized carbons (Fsp3) is 0.923. The van der Waals surface area contributed by atoms with E-state index >= 15 is 0 Å². The lowest BCUT2D eigenvalue weighted by Crippen LogP contribution is -2.41. The largest absolute Gasteiger partial charge is 0.401 e. The maximum atomic E-state index is 12.3. The molecule has 1 saturated heterocycles. The molecule has 0 unspecified atom stereocenters. The highest BCUT2D eigenvalue weighted by molar-refractivity contribution is 5.79. The number of aliphatic imine (C=N–C) groups is 1. The van der Waals surface area contributed by atoms with Crippen LogP contribution in [0.15, 0.2) is 4.99 Å². The first-order chi connectivity index (χ1) is 9.19. The van der Waals surface area contributed by atoms with Crippen molar-refractivity contribution in [3.8, 4) is 0 Å². The molecule has 1 aliphatic rings. The molecule has 0 spiro atoms. The van der Waals surface area contributed by atoms with Crippen LogP contribution in [0.5, 0.6) is 0 Å². The van der Waals surface area contributed by atoms with Gasteiger partial charge in [0, 0.05) is 34.7 Å². The standard InChI is InChI=1S/C13H25F3N4/c1-18(2)12(19(3)4)17-9-11-5-7-20(8-6-11)10-13(14,15)16/h11H,5-10H2,1-4H3. The van der Waals surface area contributed by atoms with Gasteiger partial charge in [-0.1, -0.05) is 0 Å². The van der Waals surface area contributed by atoms with Crippen LogP contribution in [0, 0.1) is 5.92 Å². The molecule has 0 N–H and O–H groups in total.